The predicted octanol–water partition coefficient (Wildman–Crippen LogP) is 2.57. The molecule has 2 heterocycles. The van der Waals surface area contributed by atoms with Crippen LogP contribution in [0.4, 0.5) is 5.69 Å². The van der Waals surface area contributed by atoms with Gasteiger partial charge in [0.05, 0.1) is 0 Å². The maximum absolute atomic E-state index is 12.5. The highest BCUT2D eigenvalue weighted by atomic mass is 16.2. The Morgan fingerprint density at radius 2 is 1.66 bits per heavy atom. The van der Waals surface area contributed by atoms with E-state index in [1.165, 1.54) is 16.6 Å². The van der Waals surface area contributed by atoms with Gasteiger partial charge in [0, 0.05) is 55.5 Å². The number of H-pyrrole nitrogens is 1. The van der Waals surface area contributed by atoms with Gasteiger partial charge in [-0.3, -0.25) is 9.59 Å². The maximum atomic E-state index is 12.5. The predicted molar refractivity (Wildman–Crippen MR) is 115 cm³/mol. The van der Waals surface area contributed by atoms with Gasteiger partial charge in [0.25, 0.3) is 0 Å². The number of carbonyl (C=O) groups excluding carboxylic acids is 2. The lowest BCUT2D eigenvalue weighted by Crippen LogP contribution is -2.49. The van der Waals surface area contributed by atoms with Crippen LogP contribution in [0.1, 0.15) is 12.0 Å². The number of fused-ring (bicyclic) bond motifs is 1. The Balaban J connectivity index is 1.20. The topological polar surface area (TPSA) is 68.4 Å². The minimum Gasteiger partial charge on any atom is -0.368 e. The molecule has 0 aliphatic carbocycles. The molecule has 29 heavy (non-hydrogen) atoms. The number of rotatable bonds is 6. The van der Waals surface area contributed by atoms with Crippen LogP contribution in [0.3, 0.4) is 0 Å². The van der Waals surface area contributed by atoms with Crippen LogP contribution in [0.5, 0.6) is 0 Å². The van der Waals surface area contributed by atoms with Gasteiger partial charge in [-0.25, -0.2) is 0 Å². The minimum absolute atomic E-state index is 0.0841. The van der Waals surface area contributed by atoms with Crippen molar-refractivity contribution in [2.75, 3.05) is 37.6 Å². The summed E-state index contributed by atoms with van der Waals surface area (Å²) in [4.78, 5) is 32.0. The van der Waals surface area contributed by atoms with Crippen molar-refractivity contribution in [2.24, 2.45) is 0 Å². The number of nitrogens with one attached hydrogen (secondary N) is 2. The summed E-state index contributed by atoms with van der Waals surface area (Å²) >= 11 is 0. The van der Waals surface area contributed by atoms with Gasteiger partial charge < -0.3 is 20.1 Å². The molecule has 0 unspecified atom stereocenters. The molecule has 4 rings (SSSR count). The number of hydrogen-bond donors (Lipinski definition) is 2. The number of benzene rings is 2. The quantitative estimate of drug-likeness (QED) is 0.636. The van der Waals surface area contributed by atoms with Crippen molar-refractivity contribution in [1.29, 1.82) is 0 Å². The first-order valence-electron chi connectivity index (χ1n) is 10.1. The number of amides is 2. The maximum Gasteiger partial charge on any atom is 0.232 e. The van der Waals surface area contributed by atoms with Crippen molar-refractivity contribution in [3.8, 4) is 0 Å². The minimum atomic E-state index is -0.208. The number of anilines is 1. The zero-order valence-electron chi connectivity index (χ0n) is 16.4. The Hall–Kier alpha value is -3.28. The number of nitrogens with zero attached hydrogens (tertiary/aromatic N) is 2. The van der Waals surface area contributed by atoms with Gasteiger partial charge >= 0.3 is 0 Å². The fourth-order valence-corrected chi connectivity index (χ4v) is 3.84. The molecule has 2 N–H and O–H groups in total. The van der Waals surface area contributed by atoms with E-state index in [0.717, 1.165) is 25.0 Å². The molecule has 2 aromatic carbocycles. The fourth-order valence-electron chi connectivity index (χ4n) is 3.84. The van der Waals surface area contributed by atoms with E-state index in [1.807, 2.05) is 42.6 Å². The van der Waals surface area contributed by atoms with Crippen molar-refractivity contribution < 1.29 is 9.59 Å². The van der Waals surface area contributed by atoms with Crippen LogP contribution >= 0.6 is 0 Å². The molecule has 0 saturated carbocycles. The third-order valence-electron chi connectivity index (χ3n) is 5.46. The molecule has 0 bridgehead atoms. The molecule has 150 valence electrons. The molecule has 2 amide bonds. The SMILES string of the molecule is O=C(CC(=O)N1CCN(c2ccccc2)CC1)NCCc1c[nH]c2ccccc12. The monoisotopic (exact) mass is 390 g/mol. The highest BCUT2D eigenvalue weighted by Crippen LogP contribution is 2.18. The standard InChI is InChI=1S/C23H26N4O2/c28-22(24-11-10-18-17-25-21-9-5-4-8-20(18)21)16-23(29)27-14-12-26(13-15-27)19-6-2-1-3-7-19/h1-9,17,25H,10-16H2,(H,24,28). The highest BCUT2D eigenvalue weighted by molar-refractivity contribution is 5.97. The second-order valence-electron chi connectivity index (χ2n) is 7.34. The van der Waals surface area contributed by atoms with Crippen molar-refractivity contribution in [3.63, 3.8) is 0 Å². The van der Waals surface area contributed by atoms with Gasteiger partial charge in [-0.1, -0.05) is 36.4 Å². The summed E-state index contributed by atoms with van der Waals surface area (Å²) in [5.74, 6) is -0.303. The van der Waals surface area contributed by atoms with E-state index in [-0.39, 0.29) is 18.2 Å². The summed E-state index contributed by atoms with van der Waals surface area (Å²) in [7, 11) is 0. The van der Waals surface area contributed by atoms with E-state index in [4.69, 9.17) is 0 Å². The number of aromatic nitrogens is 1. The van der Waals surface area contributed by atoms with Gasteiger partial charge in [-0.15, -0.1) is 0 Å². The number of carbonyl (C=O) groups is 2. The lowest BCUT2D eigenvalue weighted by Gasteiger charge is -2.36. The Bertz CT molecular complexity index is 975. The van der Waals surface area contributed by atoms with Crippen LogP contribution in [0.25, 0.3) is 10.9 Å². The number of hydrogen-bond acceptors (Lipinski definition) is 3. The Labute approximate surface area is 170 Å². The molecule has 0 atom stereocenters. The van der Waals surface area contributed by atoms with Crippen LogP contribution in [0.15, 0.2) is 60.8 Å². The Kier molecular flexibility index (Phi) is 5.79. The van der Waals surface area contributed by atoms with Gasteiger partial charge in [0.15, 0.2) is 0 Å². The summed E-state index contributed by atoms with van der Waals surface area (Å²) in [6, 6.07) is 18.3. The molecule has 0 spiro atoms. The average Bonchev–Trinajstić information content (AvgIpc) is 3.18. The normalized spacial score (nSPS) is 14.2. The molecule has 1 fully saturated rings. The fraction of sp³-hybridized carbons (Fsp3) is 0.304. The summed E-state index contributed by atoms with van der Waals surface area (Å²) in [6.45, 7) is 3.40. The van der Waals surface area contributed by atoms with Gasteiger partial charge in [-0.2, -0.15) is 0 Å². The van der Waals surface area contributed by atoms with Gasteiger partial charge in [0.1, 0.15) is 6.42 Å². The lowest BCUT2D eigenvalue weighted by atomic mass is 10.1. The van der Waals surface area contributed by atoms with Crippen LogP contribution in [-0.2, 0) is 16.0 Å². The van der Waals surface area contributed by atoms with E-state index in [9.17, 15) is 9.59 Å². The second kappa shape index (κ2) is 8.82. The van der Waals surface area contributed by atoms with E-state index in [0.29, 0.717) is 19.6 Å². The van der Waals surface area contributed by atoms with Crippen LogP contribution in [-0.4, -0.2) is 54.4 Å². The Morgan fingerprint density at radius 1 is 0.931 bits per heavy atom. The molecule has 6 heteroatoms. The molecule has 1 saturated heterocycles. The highest BCUT2D eigenvalue weighted by Gasteiger charge is 2.22. The number of para-hydroxylation sites is 2. The first kappa shape index (κ1) is 19.1. The zero-order valence-corrected chi connectivity index (χ0v) is 16.4. The molecule has 6 nitrogen and oxygen atoms in total. The second-order valence-corrected chi connectivity index (χ2v) is 7.34. The molecule has 1 aliphatic rings. The first-order chi connectivity index (χ1) is 14.2. The van der Waals surface area contributed by atoms with Crippen LogP contribution < -0.4 is 10.2 Å². The number of piperazine rings is 1. The molecule has 1 aliphatic heterocycles. The van der Waals surface area contributed by atoms with E-state index in [1.54, 1.807) is 4.90 Å². The summed E-state index contributed by atoms with van der Waals surface area (Å²) in [5, 5.41) is 4.05. The summed E-state index contributed by atoms with van der Waals surface area (Å²) in [5.41, 5.74) is 3.44. The van der Waals surface area contributed by atoms with Crippen molar-refractivity contribution in [1.82, 2.24) is 15.2 Å². The van der Waals surface area contributed by atoms with Crippen LogP contribution in [0, 0.1) is 0 Å². The third kappa shape index (κ3) is 4.59. The smallest absolute Gasteiger partial charge is 0.232 e. The largest absolute Gasteiger partial charge is 0.368 e. The van der Waals surface area contributed by atoms with E-state index < -0.39 is 0 Å². The van der Waals surface area contributed by atoms with Crippen LogP contribution in [0.2, 0.25) is 0 Å². The average molecular weight is 390 g/mol. The molecular weight excluding hydrogens is 364 g/mol. The molecule has 1 aromatic heterocycles. The summed E-state index contributed by atoms with van der Waals surface area (Å²) in [6.07, 6.45) is 2.63. The Morgan fingerprint density at radius 3 is 2.45 bits per heavy atom. The third-order valence-corrected chi connectivity index (χ3v) is 5.46. The first-order valence-corrected chi connectivity index (χ1v) is 10.1. The van der Waals surface area contributed by atoms with Crippen molar-refractivity contribution >= 4 is 28.4 Å². The van der Waals surface area contributed by atoms with Gasteiger partial charge in [0.2, 0.25) is 11.8 Å². The lowest BCUT2D eigenvalue weighted by molar-refractivity contribution is -0.136. The van der Waals surface area contributed by atoms with Crippen molar-refractivity contribution in [3.05, 3.63) is 66.4 Å². The van der Waals surface area contributed by atoms with E-state index in [2.05, 4.69) is 33.4 Å². The summed E-state index contributed by atoms with van der Waals surface area (Å²) < 4.78 is 0. The van der Waals surface area contributed by atoms with Crippen molar-refractivity contribution in [2.45, 2.75) is 12.8 Å². The van der Waals surface area contributed by atoms with Gasteiger partial charge in [-0.05, 0) is 30.2 Å². The zero-order chi connectivity index (χ0) is 20.1. The molecular formula is C23H26N4O2. The molecule has 0 radical (unpaired) electrons. The number of aromatic amines is 1. The van der Waals surface area contributed by atoms with E-state index >= 15 is 0 Å². The molecule has 3 aromatic rings.